The van der Waals surface area contributed by atoms with Gasteiger partial charge < -0.3 is 14.8 Å². The zero-order valence-corrected chi connectivity index (χ0v) is 17.3. The van der Waals surface area contributed by atoms with E-state index in [0.717, 1.165) is 33.6 Å². The van der Waals surface area contributed by atoms with Crippen LogP contribution in [0.25, 0.3) is 0 Å². The maximum absolute atomic E-state index is 6.12. The van der Waals surface area contributed by atoms with Crippen LogP contribution in [0.2, 0.25) is 0 Å². The molecule has 3 aromatic rings. The highest BCUT2D eigenvalue weighted by Crippen LogP contribution is 2.25. The highest BCUT2D eigenvalue weighted by Gasteiger charge is 2.07. The summed E-state index contributed by atoms with van der Waals surface area (Å²) >= 11 is 3.56. The standard InChI is InChI=1S/C23H24BrNO2/c1-17-7-3-4-9-19(17)16-27-23-12-11-21(24)13-20(23)15-25-14-18-8-5-6-10-22(18)26-2/h3-13,25H,14-16H2,1-2H3. The first-order valence-electron chi connectivity index (χ1n) is 8.95. The third-order valence-corrected chi connectivity index (χ3v) is 4.98. The molecule has 27 heavy (non-hydrogen) atoms. The molecule has 0 radical (unpaired) electrons. The van der Waals surface area contributed by atoms with Crippen molar-refractivity contribution in [1.29, 1.82) is 0 Å². The van der Waals surface area contributed by atoms with Gasteiger partial charge in [0.05, 0.1) is 7.11 Å². The number of rotatable bonds is 8. The summed E-state index contributed by atoms with van der Waals surface area (Å²) in [7, 11) is 1.70. The van der Waals surface area contributed by atoms with E-state index in [4.69, 9.17) is 9.47 Å². The molecule has 3 nitrogen and oxygen atoms in total. The molecule has 0 saturated heterocycles. The molecule has 3 aromatic carbocycles. The Kier molecular flexibility index (Phi) is 6.91. The third-order valence-electron chi connectivity index (χ3n) is 4.49. The van der Waals surface area contributed by atoms with Crippen LogP contribution in [0.5, 0.6) is 11.5 Å². The van der Waals surface area contributed by atoms with E-state index in [1.165, 1.54) is 11.1 Å². The molecule has 4 heteroatoms. The van der Waals surface area contributed by atoms with E-state index in [-0.39, 0.29) is 0 Å². The van der Waals surface area contributed by atoms with Gasteiger partial charge in [0.15, 0.2) is 0 Å². The van der Waals surface area contributed by atoms with Gasteiger partial charge in [-0.2, -0.15) is 0 Å². The van der Waals surface area contributed by atoms with Crippen molar-refractivity contribution >= 4 is 15.9 Å². The van der Waals surface area contributed by atoms with Crippen molar-refractivity contribution in [2.75, 3.05) is 7.11 Å². The number of methoxy groups -OCH3 is 1. The molecule has 0 spiro atoms. The van der Waals surface area contributed by atoms with Crippen molar-refractivity contribution in [3.05, 3.63) is 93.5 Å². The Bertz CT molecular complexity index is 895. The van der Waals surface area contributed by atoms with Gasteiger partial charge >= 0.3 is 0 Å². The summed E-state index contributed by atoms with van der Waals surface area (Å²) < 4.78 is 12.6. The van der Waals surface area contributed by atoms with Crippen molar-refractivity contribution in [3.8, 4) is 11.5 Å². The van der Waals surface area contributed by atoms with Crippen molar-refractivity contribution < 1.29 is 9.47 Å². The van der Waals surface area contributed by atoms with Gasteiger partial charge in [-0.25, -0.2) is 0 Å². The van der Waals surface area contributed by atoms with E-state index in [2.05, 4.69) is 52.4 Å². The minimum absolute atomic E-state index is 0.563. The minimum atomic E-state index is 0.563. The van der Waals surface area contributed by atoms with Gasteiger partial charge in [0.2, 0.25) is 0 Å². The molecule has 0 saturated carbocycles. The molecule has 0 unspecified atom stereocenters. The molecule has 0 aliphatic carbocycles. The van der Waals surface area contributed by atoms with Crippen LogP contribution in [0.15, 0.2) is 71.2 Å². The second kappa shape index (κ2) is 9.58. The van der Waals surface area contributed by atoms with Gasteiger partial charge in [0.1, 0.15) is 18.1 Å². The molecule has 0 atom stereocenters. The van der Waals surface area contributed by atoms with Crippen LogP contribution >= 0.6 is 15.9 Å². The molecule has 0 aliphatic heterocycles. The molecule has 0 aromatic heterocycles. The van der Waals surface area contributed by atoms with Crippen LogP contribution in [0.4, 0.5) is 0 Å². The molecule has 0 fully saturated rings. The average Bonchev–Trinajstić information content (AvgIpc) is 2.69. The molecule has 0 bridgehead atoms. The van der Waals surface area contributed by atoms with Crippen molar-refractivity contribution in [2.24, 2.45) is 0 Å². The number of benzene rings is 3. The Morgan fingerprint density at radius 1 is 0.815 bits per heavy atom. The smallest absolute Gasteiger partial charge is 0.124 e. The summed E-state index contributed by atoms with van der Waals surface area (Å²) in [5, 5.41) is 3.49. The summed E-state index contributed by atoms with van der Waals surface area (Å²) in [5.41, 5.74) is 4.70. The molecule has 0 amide bonds. The van der Waals surface area contributed by atoms with E-state index in [1.807, 2.05) is 42.5 Å². The lowest BCUT2D eigenvalue weighted by atomic mass is 10.1. The predicted molar refractivity (Wildman–Crippen MR) is 113 cm³/mol. The minimum Gasteiger partial charge on any atom is -0.496 e. The average molecular weight is 426 g/mol. The zero-order chi connectivity index (χ0) is 19.1. The lowest BCUT2D eigenvalue weighted by Gasteiger charge is -2.14. The second-order valence-electron chi connectivity index (χ2n) is 6.38. The van der Waals surface area contributed by atoms with E-state index in [9.17, 15) is 0 Å². The van der Waals surface area contributed by atoms with E-state index >= 15 is 0 Å². The highest BCUT2D eigenvalue weighted by molar-refractivity contribution is 9.10. The van der Waals surface area contributed by atoms with E-state index in [0.29, 0.717) is 13.2 Å². The van der Waals surface area contributed by atoms with Gasteiger partial charge in [-0.15, -0.1) is 0 Å². The molecule has 3 rings (SSSR count). The molecular weight excluding hydrogens is 402 g/mol. The summed E-state index contributed by atoms with van der Waals surface area (Å²) in [6.45, 7) is 4.11. The number of hydrogen-bond donors (Lipinski definition) is 1. The topological polar surface area (TPSA) is 30.5 Å². The summed E-state index contributed by atoms with van der Waals surface area (Å²) in [5.74, 6) is 1.80. The number of aryl methyl sites for hydroxylation is 1. The molecular formula is C23H24BrNO2. The Balaban J connectivity index is 1.66. The lowest BCUT2D eigenvalue weighted by Crippen LogP contribution is -2.14. The molecule has 140 valence electrons. The fraction of sp³-hybridized carbons (Fsp3) is 0.217. The van der Waals surface area contributed by atoms with Crippen molar-refractivity contribution in [2.45, 2.75) is 26.6 Å². The van der Waals surface area contributed by atoms with Crippen LogP contribution < -0.4 is 14.8 Å². The Morgan fingerprint density at radius 2 is 1.52 bits per heavy atom. The molecule has 0 aliphatic rings. The van der Waals surface area contributed by atoms with E-state index < -0.39 is 0 Å². The first-order chi connectivity index (χ1) is 13.2. The van der Waals surface area contributed by atoms with Crippen molar-refractivity contribution in [1.82, 2.24) is 5.32 Å². The SMILES string of the molecule is COc1ccccc1CNCc1cc(Br)ccc1OCc1ccccc1C. The summed E-state index contributed by atoms with van der Waals surface area (Å²) in [6, 6.07) is 22.5. The number of para-hydroxylation sites is 1. The number of halogens is 1. The van der Waals surface area contributed by atoms with Crippen molar-refractivity contribution in [3.63, 3.8) is 0 Å². The van der Waals surface area contributed by atoms with Gasteiger partial charge in [-0.1, -0.05) is 58.4 Å². The maximum Gasteiger partial charge on any atom is 0.124 e. The summed E-state index contributed by atoms with van der Waals surface area (Å²) in [6.07, 6.45) is 0. The maximum atomic E-state index is 6.12. The molecule has 1 N–H and O–H groups in total. The highest BCUT2D eigenvalue weighted by atomic mass is 79.9. The Morgan fingerprint density at radius 3 is 2.30 bits per heavy atom. The monoisotopic (exact) mass is 425 g/mol. The number of nitrogens with one attached hydrogen (secondary N) is 1. The molecule has 0 heterocycles. The third kappa shape index (κ3) is 5.34. The van der Waals surface area contributed by atoms with E-state index in [1.54, 1.807) is 7.11 Å². The van der Waals surface area contributed by atoms with Crippen LogP contribution in [0.1, 0.15) is 22.3 Å². The lowest BCUT2D eigenvalue weighted by molar-refractivity contribution is 0.301. The van der Waals surface area contributed by atoms with Crippen LogP contribution in [-0.2, 0) is 19.7 Å². The zero-order valence-electron chi connectivity index (χ0n) is 15.7. The van der Waals surface area contributed by atoms with Crippen LogP contribution in [-0.4, -0.2) is 7.11 Å². The summed E-state index contributed by atoms with van der Waals surface area (Å²) in [4.78, 5) is 0. The van der Waals surface area contributed by atoms with Gasteiger partial charge in [0.25, 0.3) is 0 Å². The largest absolute Gasteiger partial charge is 0.496 e. The normalized spacial score (nSPS) is 10.6. The number of hydrogen-bond acceptors (Lipinski definition) is 3. The van der Waals surface area contributed by atoms with Gasteiger partial charge in [0, 0.05) is 28.7 Å². The number of ether oxygens (including phenoxy) is 2. The van der Waals surface area contributed by atoms with Crippen LogP contribution in [0.3, 0.4) is 0 Å². The van der Waals surface area contributed by atoms with Gasteiger partial charge in [-0.3, -0.25) is 0 Å². The Hall–Kier alpha value is -2.30. The van der Waals surface area contributed by atoms with Crippen LogP contribution in [0, 0.1) is 6.92 Å². The second-order valence-corrected chi connectivity index (χ2v) is 7.30. The predicted octanol–water partition coefficient (Wildman–Crippen LogP) is 5.63. The quantitative estimate of drug-likeness (QED) is 0.506. The fourth-order valence-corrected chi connectivity index (χ4v) is 3.34. The van der Waals surface area contributed by atoms with Gasteiger partial charge in [-0.05, 0) is 42.3 Å². The first kappa shape index (κ1) is 19.5. The first-order valence-corrected chi connectivity index (χ1v) is 9.75. The fourth-order valence-electron chi connectivity index (χ4n) is 2.94. The Labute approximate surface area is 169 Å².